The minimum Gasteiger partial charge on any atom is -0.480 e. The molecule has 0 saturated carbocycles. The molecule has 0 radical (unpaired) electrons. The van der Waals surface area contributed by atoms with Crippen LogP contribution in [0, 0.1) is 0 Å². The van der Waals surface area contributed by atoms with Gasteiger partial charge in [0, 0.05) is 0 Å². The molecule has 0 bridgehead atoms. The Labute approximate surface area is 111 Å². The average molecular weight is 263 g/mol. The summed E-state index contributed by atoms with van der Waals surface area (Å²) in [6.45, 7) is 2.75. The minimum atomic E-state index is -1.06. The van der Waals surface area contributed by atoms with Crippen LogP contribution in [0.15, 0.2) is 24.3 Å². The SMILES string of the molecule is CC(=O)C(C(C)=O)c1ccc(CC(N)C(=O)O)cc1. The van der Waals surface area contributed by atoms with Crippen molar-refractivity contribution in [2.45, 2.75) is 32.2 Å². The number of ketones is 2. The first-order chi connectivity index (χ1) is 8.82. The number of benzene rings is 1. The normalized spacial score (nSPS) is 12.2. The standard InChI is InChI=1S/C14H17NO4/c1-8(16)13(9(2)17)11-5-3-10(4-6-11)7-12(15)14(18)19/h3-6,12-13H,7,15H2,1-2H3,(H,18,19). The van der Waals surface area contributed by atoms with Gasteiger partial charge in [-0.25, -0.2) is 0 Å². The molecular formula is C14H17NO4. The molecule has 0 saturated heterocycles. The summed E-state index contributed by atoms with van der Waals surface area (Å²) in [5.41, 5.74) is 6.81. The number of hydrogen-bond donors (Lipinski definition) is 2. The Morgan fingerprint density at radius 3 is 1.95 bits per heavy atom. The van der Waals surface area contributed by atoms with E-state index in [0.717, 1.165) is 5.56 Å². The average Bonchev–Trinajstić information content (AvgIpc) is 2.30. The molecule has 1 unspecified atom stereocenters. The largest absolute Gasteiger partial charge is 0.480 e. The van der Waals surface area contributed by atoms with E-state index in [0.29, 0.717) is 5.56 Å². The Balaban J connectivity index is 2.89. The van der Waals surface area contributed by atoms with Crippen LogP contribution in [-0.2, 0) is 20.8 Å². The maximum atomic E-state index is 11.4. The lowest BCUT2D eigenvalue weighted by Gasteiger charge is -2.12. The van der Waals surface area contributed by atoms with Crippen molar-refractivity contribution in [3.63, 3.8) is 0 Å². The molecule has 0 spiro atoms. The first kappa shape index (κ1) is 15.0. The van der Waals surface area contributed by atoms with Crippen LogP contribution >= 0.6 is 0 Å². The number of nitrogens with two attached hydrogens (primary N) is 1. The monoisotopic (exact) mass is 263 g/mol. The highest BCUT2D eigenvalue weighted by Crippen LogP contribution is 2.19. The molecule has 5 heteroatoms. The van der Waals surface area contributed by atoms with E-state index in [1.165, 1.54) is 13.8 Å². The van der Waals surface area contributed by atoms with Crippen LogP contribution in [0.3, 0.4) is 0 Å². The van der Waals surface area contributed by atoms with Gasteiger partial charge in [0.25, 0.3) is 0 Å². The second-order valence-electron chi connectivity index (χ2n) is 4.54. The van der Waals surface area contributed by atoms with Crippen LogP contribution in [0.2, 0.25) is 0 Å². The fourth-order valence-electron chi connectivity index (χ4n) is 1.94. The molecule has 1 aromatic rings. The molecule has 102 valence electrons. The van der Waals surface area contributed by atoms with E-state index in [2.05, 4.69) is 0 Å². The maximum Gasteiger partial charge on any atom is 0.320 e. The molecule has 0 heterocycles. The molecule has 1 atom stereocenters. The van der Waals surface area contributed by atoms with Gasteiger partial charge in [-0.05, 0) is 31.4 Å². The highest BCUT2D eigenvalue weighted by atomic mass is 16.4. The van der Waals surface area contributed by atoms with Crippen LogP contribution in [0.5, 0.6) is 0 Å². The van der Waals surface area contributed by atoms with Gasteiger partial charge in [-0.3, -0.25) is 14.4 Å². The first-order valence-corrected chi connectivity index (χ1v) is 5.91. The number of carboxylic acids is 1. The third-order valence-corrected chi connectivity index (χ3v) is 2.90. The Morgan fingerprint density at radius 2 is 1.58 bits per heavy atom. The second kappa shape index (κ2) is 6.24. The fraction of sp³-hybridized carbons (Fsp3) is 0.357. The van der Waals surface area contributed by atoms with Crippen molar-refractivity contribution < 1.29 is 19.5 Å². The van der Waals surface area contributed by atoms with Crippen LogP contribution < -0.4 is 5.73 Å². The number of rotatable bonds is 6. The third kappa shape index (κ3) is 3.99. The lowest BCUT2D eigenvalue weighted by molar-refractivity contribution is -0.138. The minimum absolute atomic E-state index is 0.206. The lowest BCUT2D eigenvalue weighted by Crippen LogP contribution is -2.32. The van der Waals surface area contributed by atoms with Gasteiger partial charge in [-0.1, -0.05) is 24.3 Å². The van der Waals surface area contributed by atoms with Gasteiger partial charge in [-0.2, -0.15) is 0 Å². The molecule has 1 aromatic carbocycles. The molecule has 0 aliphatic carbocycles. The number of Topliss-reactive ketones (excluding diaryl/α,β-unsaturated/α-hetero) is 2. The van der Waals surface area contributed by atoms with Crippen LogP contribution in [0.25, 0.3) is 0 Å². The van der Waals surface area contributed by atoms with Gasteiger partial charge in [-0.15, -0.1) is 0 Å². The van der Waals surface area contributed by atoms with Gasteiger partial charge in [0.1, 0.15) is 23.5 Å². The molecule has 0 aromatic heterocycles. The molecule has 1 rings (SSSR count). The summed E-state index contributed by atoms with van der Waals surface area (Å²) in [7, 11) is 0. The predicted molar refractivity (Wildman–Crippen MR) is 69.9 cm³/mol. The smallest absolute Gasteiger partial charge is 0.320 e. The summed E-state index contributed by atoms with van der Waals surface area (Å²) in [6.07, 6.45) is 0.209. The molecule has 0 amide bonds. The van der Waals surface area contributed by atoms with Crippen LogP contribution in [0.1, 0.15) is 30.9 Å². The molecular weight excluding hydrogens is 246 g/mol. The third-order valence-electron chi connectivity index (χ3n) is 2.90. The van der Waals surface area contributed by atoms with Crippen molar-refractivity contribution in [1.82, 2.24) is 0 Å². The summed E-state index contributed by atoms with van der Waals surface area (Å²) in [4.78, 5) is 33.5. The summed E-state index contributed by atoms with van der Waals surface area (Å²) in [6, 6.07) is 5.75. The van der Waals surface area contributed by atoms with Gasteiger partial charge in [0.15, 0.2) is 0 Å². The van der Waals surface area contributed by atoms with Gasteiger partial charge < -0.3 is 10.8 Å². The maximum absolute atomic E-state index is 11.4. The van der Waals surface area contributed by atoms with Crippen molar-refractivity contribution in [2.75, 3.05) is 0 Å². The summed E-state index contributed by atoms with van der Waals surface area (Å²) >= 11 is 0. The Morgan fingerprint density at radius 1 is 1.11 bits per heavy atom. The highest BCUT2D eigenvalue weighted by molar-refractivity contribution is 6.05. The number of aliphatic carboxylic acids is 1. The Hall–Kier alpha value is -2.01. The summed E-state index contributed by atoms with van der Waals surface area (Å²) in [5, 5.41) is 8.72. The van der Waals surface area contributed by atoms with E-state index in [4.69, 9.17) is 10.8 Å². The van der Waals surface area contributed by atoms with Gasteiger partial charge >= 0.3 is 5.97 Å². The van der Waals surface area contributed by atoms with E-state index < -0.39 is 17.9 Å². The van der Waals surface area contributed by atoms with E-state index in [9.17, 15) is 14.4 Å². The van der Waals surface area contributed by atoms with Gasteiger partial charge in [0.05, 0.1) is 0 Å². The van der Waals surface area contributed by atoms with E-state index in [1.54, 1.807) is 24.3 Å². The second-order valence-corrected chi connectivity index (χ2v) is 4.54. The number of hydrogen-bond acceptors (Lipinski definition) is 4. The van der Waals surface area contributed by atoms with Crippen molar-refractivity contribution in [2.24, 2.45) is 5.73 Å². The van der Waals surface area contributed by atoms with Crippen LogP contribution in [0.4, 0.5) is 0 Å². The topological polar surface area (TPSA) is 97.5 Å². The molecule has 0 fully saturated rings. The first-order valence-electron chi connectivity index (χ1n) is 5.91. The number of carbonyl (C=O) groups excluding carboxylic acids is 2. The molecule has 19 heavy (non-hydrogen) atoms. The lowest BCUT2D eigenvalue weighted by atomic mass is 9.91. The van der Waals surface area contributed by atoms with Crippen molar-refractivity contribution in [3.05, 3.63) is 35.4 Å². The quantitative estimate of drug-likeness (QED) is 0.743. The highest BCUT2D eigenvalue weighted by Gasteiger charge is 2.21. The summed E-state index contributed by atoms with van der Waals surface area (Å²) in [5.74, 6) is -2.22. The van der Waals surface area contributed by atoms with Crippen molar-refractivity contribution in [1.29, 1.82) is 0 Å². The zero-order valence-corrected chi connectivity index (χ0v) is 10.9. The molecule has 0 aliphatic heterocycles. The number of carboxylic acid groups (broad SMARTS) is 1. The molecule has 3 N–H and O–H groups in total. The molecule has 0 aliphatic rings. The van der Waals surface area contributed by atoms with Crippen molar-refractivity contribution >= 4 is 17.5 Å². The zero-order valence-electron chi connectivity index (χ0n) is 10.9. The van der Waals surface area contributed by atoms with Crippen molar-refractivity contribution in [3.8, 4) is 0 Å². The zero-order chi connectivity index (χ0) is 14.6. The van der Waals surface area contributed by atoms with E-state index in [1.807, 2.05) is 0 Å². The van der Waals surface area contributed by atoms with Crippen LogP contribution in [-0.4, -0.2) is 28.7 Å². The fourth-order valence-corrected chi connectivity index (χ4v) is 1.94. The van der Waals surface area contributed by atoms with E-state index in [-0.39, 0.29) is 18.0 Å². The Bertz CT molecular complexity index is 479. The Kier molecular flexibility index (Phi) is 4.94. The van der Waals surface area contributed by atoms with E-state index >= 15 is 0 Å². The predicted octanol–water partition coefficient (Wildman–Crippen LogP) is 0.903. The summed E-state index contributed by atoms with van der Waals surface area (Å²) < 4.78 is 0. The molecule has 5 nitrogen and oxygen atoms in total. The van der Waals surface area contributed by atoms with Gasteiger partial charge in [0.2, 0.25) is 0 Å². The number of carbonyl (C=O) groups is 3.